The van der Waals surface area contributed by atoms with Gasteiger partial charge in [-0.3, -0.25) is 14.9 Å². The topological polar surface area (TPSA) is 49.4 Å². The first-order valence-corrected chi connectivity index (χ1v) is 7.52. The van der Waals surface area contributed by atoms with Crippen LogP contribution in [0.5, 0.6) is 0 Å². The summed E-state index contributed by atoms with van der Waals surface area (Å²) in [5, 5.41) is 2.54. The Kier molecular flexibility index (Phi) is 3.36. The van der Waals surface area contributed by atoms with Crippen LogP contribution in [-0.4, -0.2) is 36.3 Å². The Morgan fingerprint density at radius 2 is 2.00 bits per heavy atom. The van der Waals surface area contributed by atoms with Gasteiger partial charge in [-0.15, -0.1) is 0 Å². The molecule has 1 aromatic carbocycles. The van der Waals surface area contributed by atoms with Gasteiger partial charge in [0.2, 0.25) is 11.8 Å². The van der Waals surface area contributed by atoms with E-state index in [0.29, 0.717) is 12.5 Å². The molecule has 3 rings (SSSR count). The van der Waals surface area contributed by atoms with E-state index >= 15 is 0 Å². The van der Waals surface area contributed by atoms with Crippen LogP contribution in [0.15, 0.2) is 24.3 Å². The third-order valence-corrected chi connectivity index (χ3v) is 5.17. The van der Waals surface area contributed by atoms with Crippen LogP contribution in [0.2, 0.25) is 0 Å². The molecule has 0 bridgehead atoms. The lowest BCUT2D eigenvalue weighted by Gasteiger charge is -2.40. The van der Waals surface area contributed by atoms with Crippen molar-refractivity contribution in [2.75, 3.05) is 13.6 Å². The van der Waals surface area contributed by atoms with Gasteiger partial charge in [-0.05, 0) is 38.4 Å². The van der Waals surface area contributed by atoms with Crippen LogP contribution < -0.4 is 5.32 Å². The van der Waals surface area contributed by atoms with E-state index in [9.17, 15) is 9.59 Å². The Labute approximate surface area is 125 Å². The van der Waals surface area contributed by atoms with E-state index in [1.165, 1.54) is 0 Å². The highest BCUT2D eigenvalue weighted by atomic mass is 16.2. The van der Waals surface area contributed by atoms with Crippen LogP contribution >= 0.6 is 0 Å². The number of likely N-dealkylation sites (tertiary alicyclic amines) is 1. The summed E-state index contributed by atoms with van der Waals surface area (Å²) in [7, 11) is 2.07. The first-order valence-electron chi connectivity index (χ1n) is 7.52. The van der Waals surface area contributed by atoms with Crippen molar-refractivity contribution in [3.05, 3.63) is 35.4 Å². The van der Waals surface area contributed by atoms with E-state index in [-0.39, 0.29) is 23.1 Å². The Hall–Kier alpha value is -1.68. The molecule has 112 valence electrons. The molecule has 21 heavy (non-hydrogen) atoms. The highest BCUT2D eigenvalue weighted by Gasteiger charge is 2.54. The zero-order valence-corrected chi connectivity index (χ0v) is 12.8. The predicted molar refractivity (Wildman–Crippen MR) is 80.8 cm³/mol. The molecule has 4 nitrogen and oxygen atoms in total. The quantitative estimate of drug-likeness (QED) is 0.801. The lowest BCUT2D eigenvalue weighted by atomic mass is 9.65. The van der Waals surface area contributed by atoms with Gasteiger partial charge in [-0.25, -0.2) is 0 Å². The minimum Gasteiger partial charge on any atom is -0.303 e. The third-order valence-electron chi connectivity index (χ3n) is 5.17. The number of nitrogens with one attached hydrogen (secondary N) is 1. The monoisotopic (exact) mass is 286 g/mol. The van der Waals surface area contributed by atoms with Crippen LogP contribution in [0.3, 0.4) is 0 Å². The predicted octanol–water partition coefficient (Wildman–Crippen LogP) is 1.84. The van der Waals surface area contributed by atoms with Gasteiger partial charge in [0.1, 0.15) is 0 Å². The number of nitrogens with zero attached hydrogens (tertiary/aromatic N) is 1. The fraction of sp³-hybridized carbons (Fsp3) is 0.529. The summed E-state index contributed by atoms with van der Waals surface area (Å²) in [5.74, 6) is -0.501. The Morgan fingerprint density at radius 1 is 1.29 bits per heavy atom. The number of aryl methyl sites for hydroxylation is 1. The molecule has 2 fully saturated rings. The maximum absolute atomic E-state index is 12.6. The van der Waals surface area contributed by atoms with Crippen molar-refractivity contribution < 1.29 is 9.59 Å². The molecular formula is C17H22N2O2. The Balaban J connectivity index is 2.08. The van der Waals surface area contributed by atoms with Crippen LogP contribution in [0.4, 0.5) is 0 Å². The van der Waals surface area contributed by atoms with Crippen LogP contribution in [0.25, 0.3) is 0 Å². The molecule has 1 aromatic rings. The van der Waals surface area contributed by atoms with Gasteiger partial charge in [-0.2, -0.15) is 0 Å². The molecule has 0 aromatic heterocycles. The van der Waals surface area contributed by atoms with E-state index in [1.807, 2.05) is 31.2 Å². The van der Waals surface area contributed by atoms with Crippen molar-refractivity contribution in [2.45, 2.75) is 38.6 Å². The number of hydrogen-bond acceptors (Lipinski definition) is 3. The van der Waals surface area contributed by atoms with Crippen molar-refractivity contribution in [1.29, 1.82) is 0 Å². The van der Waals surface area contributed by atoms with Crippen molar-refractivity contribution >= 4 is 11.8 Å². The van der Waals surface area contributed by atoms with Crippen molar-refractivity contribution in [3.8, 4) is 0 Å². The van der Waals surface area contributed by atoms with E-state index in [1.54, 1.807) is 0 Å². The highest BCUT2D eigenvalue weighted by molar-refractivity contribution is 6.02. The molecule has 0 aliphatic carbocycles. The summed E-state index contributed by atoms with van der Waals surface area (Å²) in [5.41, 5.74) is 1.92. The summed E-state index contributed by atoms with van der Waals surface area (Å²) in [6.07, 6.45) is 1.33. The SMILES string of the molecule is Cc1ccccc1C1C(=O)NC(=O)CC12CC(C)N(C)C2. The molecule has 0 radical (unpaired) electrons. The zero-order chi connectivity index (χ0) is 15.2. The molecule has 3 unspecified atom stereocenters. The van der Waals surface area contributed by atoms with E-state index < -0.39 is 0 Å². The fourth-order valence-electron chi connectivity index (χ4n) is 4.13. The lowest BCUT2D eigenvalue weighted by molar-refractivity contribution is -0.139. The van der Waals surface area contributed by atoms with Gasteiger partial charge in [0.15, 0.2) is 0 Å². The smallest absolute Gasteiger partial charge is 0.234 e. The van der Waals surface area contributed by atoms with Crippen molar-refractivity contribution in [2.24, 2.45) is 5.41 Å². The largest absolute Gasteiger partial charge is 0.303 e. The normalized spacial score (nSPS) is 33.5. The van der Waals surface area contributed by atoms with Gasteiger partial charge in [0, 0.05) is 24.4 Å². The zero-order valence-electron chi connectivity index (χ0n) is 12.8. The average molecular weight is 286 g/mol. The second-order valence-corrected chi connectivity index (χ2v) is 6.71. The molecule has 1 N–H and O–H groups in total. The van der Waals surface area contributed by atoms with Crippen molar-refractivity contribution in [1.82, 2.24) is 10.2 Å². The summed E-state index contributed by atoms with van der Waals surface area (Å²) < 4.78 is 0. The van der Waals surface area contributed by atoms with Crippen LogP contribution in [-0.2, 0) is 9.59 Å². The Bertz CT molecular complexity index is 586. The number of benzene rings is 1. The molecule has 2 heterocycles. The minimum atomic E-state index is -0.264. The standard InChI is InChI=1S/C17H22N2O2/c1-11-6-4-5-7-13(11)15-16(21)18-14(20)9-17(15)8-12(2)19(3)10-17/h4-7,12,15H,8-10H2,1-3H3,(H,18,20,21). The van der Waals surface area contributed by atoms with Gasteiger partial charge in [-0.1, -0.05) is 24.3 Å². The number of carbonyl (C=O) groups excluding carboxylic acids is 2. The number of imide groups is 1. The molecule has 1 spiro atoms. The molecule has 2 aliphatic rings. The number of hydrogen-bond donors (Lipinski definition) is 1. The van der Waals surface area contributed by atoms with Crippen LogP contribution in [0, 0.1) is 12.3 Å². The van der Waals surface area contributed by atoms with Gasteiger partial charge < -0.3 is 4.90 Å². The summed E-state index contributed by atoms with van der Waals surface area (Å²) >= 11 is 0. The number of rotatable bonds is 1. The first-order chi connectivity index (χ1) is 9.93. The van der Waals surface area contributed by atoms with E-state index in [4.69, 9.17) is 0 Å². The summed E-state index contributed by atoms with van der Waals surface area (Å²) in [6.45, 7) is 5.00. The molecule has 2 amide bonds. The van der Waals surface area contributed by atoms with Gasteiger partial charge in [0.25, 0.3) is 0 Å². The van der Waals surface area contributed by atoms with Gasteiger partial charge >= 0.3 is 0 Å². The first kappa shape index (κ1) is 14.3. The molecule has 2 saturated heterocycles. The fourth-order valence-corrected chi connectivity index (χ4v) is 4.13. The van der Waals surface area contributed by atoms with Crippen LogP contribution in [0.1, 0.15) is 36.8 Å². The molecular weight excluding hydrogens is 264 g/mol. The number of amides is 2. The molecule has 2 aliphatic heterocycles. The lowest BCUT2D eigenvalue weighted by Crippen LogP contribution is -2.51. The summed E-state index contributed by atoms with van der Waals surface area (Å²) in [6, 6.07) is 8.42. The second kappa shape index (κ2) is 4.95. The molecule has 3 atom stereocenters. The average Bonchev–Trinajstić information content (AvgIpc) is 2.66. The maximum atomic E-state index is 12.6. The third kappa shape index (κ3) is 2.27. The Morgan fingerprint density at radius 3 is 2.62 bits per heavy atom. The highest BCUT2D eigenvalue weighted by Crippen LogP contribution is 2.50. The number of piperidine rings is 1. The maximum Gasteiger partial charge on any atom is 0.234 e. The van der Waals surface area contributed by atoms with E-state index in [0.717, 1.165) is 24.1 Å². The number of carbonyl (C=O) groups is 2. The second-order valence-electron chi connectivity index (χ2n) is 6.71. The molecule has 4 heteroatoms. The van der Waals surface area contributed by atoms with Crippen molar-refractivity contribution in [3.63, 3.8) is 0 Å². The summed E-state index contributed by atoms with van der Waals surface area (Å²) in [4.78, 5) is 26.8. The molecule has 0 saturated carbocycles. The van der Waals surface area contributed by atoms with Gasteiger partial charge in [0.05, 0.1) is 5.92 Å². The van der Waals surface area contributed by atoms with E-state index in [2.05, 4.69) is 24.2 Å². The minimum absolute atomic E-state index is 0.132.